The van der Waals surface area contributed by atoms with E-state index in [2.05, 4.69) is 15.2 Å². The quantitative estimate of drug-likeness (QED) is 0.463. The first kappa shape index (κ1) is 4.76. The van der Waals surface area contributed by atoms with E-state index in [0.29, 0.717) is 0 Å². The van der Waals surface area contributed by atoms with Gasteiger partial charge in [-0.05, 0) is 0 Å². The molecule has 0 bridgehead atoms. The second-order valence-electron chi connectivity index (χ2n) is 1.12. The highest BCUT2D eigenvalue weighted by Gasteiger charge is 1.90. The summed E-state index contributed by atoms with van der Waals surface area (Å²) in [4.78, 5) is 13.1. The zero-order chi connectivity index (χ0) is 5.98. The molecule has 0 radical (unpaired) electrons. The minimum atomic E-state index is -1.34. The van der Waals surface area contributed by atoms with Gasteiger partial charge in [0.15, 0.2) is 5.82 Å². The molecule has 0 saturated carbocycles. The van der Waals surface area contributed by atoms with Crippen LogP contribution in [0.3, 0.4) is 0 Å². The summed E-state index contributed by atoms with van der Waals surface area (Å²) in [6.07, 6.45) is 1.10. The van der Waals surface area contributed by atoms with E-state index in [4.69, 9.17) is 0 Å². The lowest BCUT2D eigenvalue weighted by molar-refractivity contribution is -0.256. The minimum Gasteiger partial charge on any atom is -0.542 e. The van der Waals surface area contributed by atoms with Crippen LogP contribution in [0.2, 0.25) is 0 Å². The smallest absolute Gasteiger partial charge is 0.171 e. The van der Waals surface area contributed by atoms with E-state index < -0.39 is 5.97 Å². The monoisotopic (exact) mass is 112 g/mol. The van der Waals surface area contributed by atoms with Gasteiger partial charge in [-0.1, -0.05) is 0 Å². The lowest BCUT2D eigenvalue weighted by Gasteiger charge is -1.89. The number of carboxylic acid groups (broad SMARTS) is 1. The van der Waals surface area contributed by atoms with E-state index in [9.17, 15) is 9.90 Å². The number of hydrogen-bond donors (Lipinski definition) is 1. The van der Waals surface area contributed by atoms with Crippen molar-refractivity contribution in [1.29, 1.82) is 0 Å². The first-order valence-corrected chi connectivity index (χ1v) is 1.87. The third-order valence-electron chi connectivity index (χ3n) is 0.608. The third kappa shape index (κ3) is 0.651. The second kappa shape index (κ2) is 1.61. The van der Waals surface area contributed by atoms with Crippen molar-refractivity contribution in [3.63, 3.8) is 0 Å². The highest BCUT2D eigenvalue weighted by atomic mass is 16.4. The fourth-order valence-corrected chi connectivity index (χ4v) is 0.304. The molecule has 0 aliphatic heterocycles. The van der Waals surface area contributed by atoms with Gasteiger partial charge in [0.2, 0.25) is 0 Å². The van der Waals surface area contributed by atoms with E-state index in [0.717, 1.165) is 6.33 Å². The Labute approximate surface area is 44.4 Å². The van der Waals surface area contributed by atoms with Gasteiger partial charge in [0, 0.05) is 0 Å². The van der Waals surface area contributed by atoms with Gasteiger partial charge in [0.1, 0.15) is 12.3 Å². The summed E-state index contributed by atoms with van der Waals surface area (Å²) in [5.41, 5.74) is 0. The number of aromatic nitrogens is 3. The molecule has 0 fully saturated rings. The molecular weight excluding hydrogens is 110 g/mol. The molecule has 0 unspecified atom stereocenters. The van der Waals surface area contributed by atoms with Crippen LogP contribution in [-0.4, -0.2) is 21.2 Å². The van der Waals surface area contributed by atoms with Crippen LogP contribution in [0.4, 0.5) is 0 Å². The van der Waals surface area contributed by atoms with Crippen LogP contribution in [-0.2, 0) is 0 Å². The van der Waals surface area contributed by atoms with Gasteiger partial charge in [-0.2, -0.15) is 5.10 Å². The summed E-state index contributed by atoms with van der Waals surface area (Å²) in [7, 11) is 0. The van der Waals surface area contributed by atoms with Gasteiger partial charge in [-0.25, -0.2) is 4.98 Å². The maximum absolute atomic E-state index is 9.82. The lowest BCUT2D eigenvalue weighted by atomic mass is 10.7. The van der Waals surface area contributed by atoms with Crippen LogP contribution >= 0.6 is 0 Å². The summed E-state index contributed by atoms with van der Waals surface area (Å²) in [6, 6.07) is 0. The Balaban J connectivity index is 2.93. The number of rotatable bonds is 1. The second-order valence-corrected chi connectivity index (χ2v) is 1.12. The maximum atomic E-state index is 9.82. The molecule has 0 aromatic carbocycles. The summed E-state index contributed by atoms with van der Waals surface area (Å²) < 4.78 is 0. The van der Waals surface area contributed by atoms with Crippen LogP contribution in [0.15, 0.2) is 6.33 Å². The molecule has 1 aromatic rings. The van der Waals surface area contributed by atoms with Crippen LogP contribution in [0.5, 0.6) is 0 Å². The number of aromatic carboxylic acids is 1. The largest absolute Gasteiger partial charge is 0.542 e. The molecule has 8 heavy (non-hydrogen) atoms. The number of carbonyl (C=O) groups is 1. The molecular formula is C3H2N3O2-. The molecule has 1 N–H and O–H groups in total. The fraction of sp³-hybridized carbons (Fsp3) is 0. The normalized spacial score (nSPS) is 9.00. The summed E-state index contributed by atoms with van der Waals surface area (Å²) >= 11 is 0. The van der Waals surface area contributed by atoms with E-state index in [1.54, 1.807) is 0 Å². The maximum Gasteiger partial charge on any atom is 0.171 e. The van der Waals surface area contributed by atoms with E-state index in [1.165, 1.54) is 0 Å². The van der Waals surface area contributed by atoms with Gasteiger partial charge in [-0.3, -0.25) is 5.10 Å². The molecule has 0 aliphatic carbocycles. The van der Waals surface area contributed by atoms with Crippen molar-refractivity contribution >= 4 is 5.97 Å². The predicted molar refractivity (Wildman–Crippen MR) is 20.7 cm³/mol. The Bertz CT molecular complexity index is 180. The summed E-state index contributed by atoms with van der Waals surface area (Å²) in [5, 5.41) is 15.2. The van der Waals surface area contributed by atoms with Crippen molar-refractivity contribution in [2.24, 2.45) is 0 Å². The average Bonchev–Trinajstić information content (AvgIpc) is 2.12. The van der Waals surface area contributed by atoms with Crippen molar-refractivity contribution in [3.05, 3.63) is 12.2 Å². The number of nitrogens with one attached hydrogen (secondary N) is 1. The van der Waals surface area contributed by atoms with Crippen molar-refractivity contribution < 1.29 is 9.90 Å². The Hall–Kier alpha value is -1.39. The SMILES string of the molecule is O=C([O-])c1ncn[nH]1. The van der Waals surface area contributed by atoms with Crippen LogP contribution in [0.25, 0.3) is 0 Å². The number of carboxylic acids is 1. The Morgan fingerprint density at radius 1 is 1.88 bits per heavy atom. The molecule has 5 heteroatoms. The van der Waals surface area contributed by atoms with Crippen LogP contribution in [0, 0.1) is 0 Å². The molecule has 0 amide bonds. The molecule has 0 aliphatic rings. The molecule has 1 heterocycles. The average molecular weight is 112 g/mol. The molecule has 0 spiro atoms. The molecule has 42 valence electrons. The van der Waals surface area contributed by atoms with Crippen molar-refractivity contribution in [2.45, 2.75) is 0 Å². The highest BCUT2D eigenvalue weighted by molar-refractivity contribution is 5.80. The van der Waals surface area contributed by atoms with Crippen LogP contribution < -0.4 is 5.11 Å². The number of aromatic amines is 1. The Morgan fingerprint density at radius 3 is 2.88 bits per heavy atom. The van der Waals surface area contributed by atoms with E-state index >= 15 is 0 Å². The number of nitrogens with zero attached hydrogens (tertiary/aromatic N) is 2. The number of H-pyrrole nitrogens is 1. The molecule has 1 rings (SSSR count). The first-order valence-electron chi connectivity index (χ1n) is 1.87. The van der Waals surface area contributed by atoms with Crippen LogP contribution in [0.1, 0.15) is 10.6 Å². The molecule has 0 saturated heterocycles. The zero-order valence-electron chi connectivity index (χ0n) is 3.79. The minimum absolute atomic E-state index is 0.245. The van der Waals surface area contributed by atoms with Gasteiger partial charge in [0.05, 0.1) is 0 Å². The summed E-state index contributed by atoms with van der Waals surface area (Å²) in [6.45, 7) is 0. The number of hydrogen-bond acceptors (Lipinski definition) is 4. The zero-order valence-corrected chi connectivity index (χ0v) is 3.79. The molecule has 0 atom stereocenters. The van der Waals surface area contributed by atoms with Gasteiger partial charge >= 0.3 is 0 Å². The van der Waals surface area contributed by atoms with Crippen molar-refractivity contribution in [3.8, 4) is 0 Å². The standard InChI is InChI=1S/C3H3N3O2/c7-3(8)2-4-1-5-6-2/h1H,(H,7,8)(H,4,5,6)/p-1. The molecule has 1 aromatic heterocycles. The first-order chi connectivity index (χ1) is 3.80. The number of carbonyl (C=O) groups excluding carboxylic acids is 1. The predicted octanol–water partition coefficient (Wildman–Crippen LogP) is -1.83. The summed E-state index contributed by atoms with van der Waals surface area (Å²) in [5.74, 6) is -1.59. The fourth-order valence-electron chi connectivity index (χ4n) is 0.304. The highest BCUT2D eigenvalue weighted by Crippen LogP contribution is 1.77. The molecule has 5 nitrogen and oxygen atoms in total. The Kier molecular flexibility index (Phi) is 0.957. The topological polar surface area (TPSA) is 81.7 Å². The van der Waals surface area contributed by atoms with Gasteiger partial charge in [-0.15, -0.1) is 0 Å². The Morgan fingerprint density at radius 2 is 2.62 bits per heavy atom. The third-order valence-corrected chi connectivity index (χ3v) is 0.608. The van der Waals surface area contributed by atoms with Crippen molar-refractivity contribution in [1.82, 2.24) is 15.2 Å². The van der Waals surface area contributed by atoms with Gasteiger partial charge in [0.25, 0.3) is 0 Å². The van der Waals surface area contributed by atoms with E-state index in [-0.39, 0.29) is 5.82 Å². The van der Waals surface area contributed by atoms with Crippen molar-refractivity contribution in [2.75, 3.05) is 0 Å². The van der Waals surface area contributed by atoms with Gasteiger partial charge < -0.3 is 9.90 Å². The lowest BCUT2D eigenvalue weighted by Crippen LogP contribution is -2.23. The van der Waals surface area contributed by atoms with E-state index in [1.807, 2.05) is 0 Å².